The Bertz CT molecular complexity index is 3160. The van der Waals surface area contributed by atoms with E-state index in [1.807, 2.05) is 0 Å². The molecule has 3 aliphatic carbocycles. The Morgan fingerprint density at radius 1 is 0.344 bits per heavy atom. The highest BCUT2D eigenvalue weighted by Gasteiger charge is 2.48. The van der Waals surface area contributed by atoms with Crippen LogP contribution < -0.4 is 4.90 Å². The number of benzene rings is 9. The molecule has 0 saturated carbocycles. The van der Waals surface area contributed by atoms with Crippen LogP contribution in [0.1, 0.15) is 53.6 Å². The van der Waals surface area contributed by atoms with Crippen LogP contribution in [0.2, 0.25) is 0 Å². The minimum atomic E-state index is -0.182. The van der Waals surface area contributed by atoms with Crippen LogP contribution in [0.3, 0.4) is 0 Å². The van der Waals surface area contributed by atoms with E-state index >= 15 is 0 Å². The van der Waals surface area contributed by atoms with Crippen LogP contribution in [0.15, 0.2) is 212 Å². The molecule has 9 aromatic carbocycles. The molecule has 3 aliphatic rings. The molecule has 0 heterocycles. The van der Waals surface area contributed by atoms with Crippen molar-refractivity contribution in [2.45, 2.75) is 37.5 Å². The molecule has 0 fully saturated rings. The van der Waals surface area contributed by atoms with Crippen LogP contribution in [-0.4, -0.2) is 0 Å². The molecule has 1 unspecified atom stereocenters. The van der Waals surface area contributed by atoms with E-state index in [-0.39, 0.29) is 10.8 Å². The van der Waals surface area contributed by atoms with E-state index in [0.717, 1.165) is 29.9 Å². The third-order valence-corrected chi connectivity index (χ3v) is 14.1. The monoisotopic (exact) mass is 779 g/mol. The van der Waals surface area contributed by atoms with Crippen LogP contribution >= 0.6 is 0 Å². The van der Waals surface area contributed by atoms with Gasteiger partial charge in [0.05, 0.1) is 0 Å². The van der Waals surface area contributed by atoms with Gasteiger partial charge in [0.25, 0.3) is 0 Å². The van der Waals surface area contributed by atoms with Gasteiger partial charge in [-0.1, -0.05) is 190 Å². The summed E-state index contributed by atoms with van der Waals surface area (Å²) in [5.41, 5.74) is 24.5. The Kier molecular flexibility index (Phi) is 7.99. The summed E-state index contributed by atoms with van der Waals surface area (Å²) in [5.74, 6) is 0. The lowest BCUT2D eigenvalue weighted by Crippen LogP contribution is -2.24. The Morgan fingerprint density at radius 3 is 1.59 bits per heavy atom. The molecule has 0 radical (unpaired) electrons. The summed E-state index contributed by atoms with van der Waals surface area (Å²) < 4.78 is 0. The fraction of sp³-hybridized carbons (Fsp3) is 0.100. The van der Waals surface area contributed by atoms with Gasteiger partial charge in [0.15, 0.2) is 0 Å². The van der Waals surface area contributed by atoms with Crippen molar-refractivity contribution in [3.8, 4) is 55.6 Å². The Hall–Kier alpha value is -7.22. The van der Waals surface area contributed by atoms with Gasteiger partial charge in [-0.15, -0.1) is 0 Å². The highest BCUT2D eigenvalue weighted by molar-refractivity contribution is 5.93. The first kappa shape index (κ1) is 35.7. The molecule has 0 amide bonds. The molecular formula is C60H45N. The second-order valence-corrected chi connectivity index (χ2v) is 17.6. The summed E-state index contributed by atoms with van der Waals surface area (Å²) in [5, 5.41) is 0. The van der Waals surface area contributed by atoms with Crippen molar-refractivity contribution in [3.05, 3.63) is 246 Å². The Morgan fingerprint density at radius 2 is 0.852 bits per heavy atom. The number of nitrogens with zero attached hydrogens (tertiary/aromatic N) is 1. The van der Waals surface area contributed by atoms with Gasteiger partial charge >= 0.3 is 0 Å². The third-order valence-electron chi connectivity index (χ3n) is 14.1. The van der Waals surface area contributed by atoms with E-state index in [4.69, 9.17) is 0 Å². The molecule has 0 saturated heterocycles. The van der Waals surface area contributed by atoms with E-state index in [2.05, 4.69) is 231 Å². The van der Waals surface area contributed by atoms with Gasteiger partial charge in [0, 0.05) is 27.9 Å². The zero-order valence-electron chi connectivity index (χ0n) is 34.6. The SMILES string of the molecule is CC1(C)c2ccccc2-c2cccc(-c3ccc(N(c4ccc(-c5ccccc5)c(-c5ccccc5)c4)c4ccc5c(c4)C4(CCc6ccccc64)c4ccccc4-5)cc3)c21. The van der Waals surface area contributed by atoms with Gasteiger partial charge in [-0.05, 0) is 138 Å². The maximum absolute atomic E-state index is 2.52. The molecule has 1 nitrogen and oxygen atoms in total. The van der Waals surface area contributed by atoms with E-state index in [9.17, 15) is 0 Å². The Balaban J connectivity index is 1.05. The van der Waals surface area contributed by atoms with Crippen LogP contribution in [-0.2, 0) is 17.3 Å². The summed E-state index contributed by atoms with van der Waals surface area (Å²) in [6.45, 7) is 4.75. The van der Waals surface area contributed by atoms with Gasteiger partial charge in [-0.2, -0.15) is 0 Å². The molecule has 1 atom stereocenters. The quantitative estimate of drug-likeness (QED) is 0.162. The zero-order valence-corrected chi connectivity index (χ0v) is 34.6. The van der Waals surface area contributed by atoms with E-state index in [1.54, 1.807) is 0 Å². The zero-order chi connectivity index (χ0) is 40.7. The minimum absolute atomic E-state index is 0.0988. The summed E-state index contributed by atoms with van der Waals surface area (Å²) in [6, 6.07) is 79.3. The molecule has 0 aliphatic heterocycles. The summed E-state index contributed by atoms with van der Waals surface area (Å²) in [6.07, 6.45) is 2.14. The largest absolute Gasteiger partial charge is 0.310 e. The number of aryl methyl sites for hydroxylation is 1. The highest BCUT2D eigenvalue weighted by atomic mass is 15.1. The maximum Gasteiger partial charge on any atom is 0.0470 e. The van der Waals surface area contributed by atoms with E-state index in [1.165, 1.54) is 89.0 Å². The molecule has 0 aromatic heterocycles. The molecular weight excluding hydrogens is 735 g/mol. The molecule has 9 aromatic rings. The second kappa shape index (κ2) is 13.7. The first-order valence-corrected chi connectivity index (χ1v) is 21.7. The van der Waals surface area contributed by atoms with Crippen molar-refractivity contribution in [2.75, 3.05) is 4.90 Å². The predicted octanol–water partition coefficient (Wildman–Crippen LogP) is 15.7. The van der Waals surface area contributed by atoms with Crippen LogP contribution in [0.5, 0.6) is 0 Å². The lowest BCUT2D eigenvalue weighted by molar-refractivity contribution is 0.626. The Labute approximate surface area is 359 Å². The molecule has 1 spiro atoms. The second-order valence-electron chi connectivity index (χ2n) is 17.6. The lowest BCUT2D eigenvalue weighted by Gasteiger charge is -2.31. The fourth-order valence-corrected chi connectivity index (χ4v) is 11.4. The first-order valence-electron chi connectivity index (χ1n) is 21.7. The smallest absolute Gasteiger partial charge is 0.0470 e. The van der Waals surface area contributed by atoms with E-state index in [0.29, 0.717) is 0 Å². The van der Waals surface area contributed by atoms with Crippen LogP contribution in [0.4, 0.5) is 17.1 Å². The van der Waals surface area contributed by atoms with Crippen molar-refractivity contribution < 1.29 is 0 Å². The van der Waals surface area contributed by atoms with Crippen molar-refractivity contribution in [1.82, 2.24) is 0 Å². The number of hydrogen-bond donors (Lipinski definition) is 0. The van der Waals surface area contributed by atoms with Gasteiger partial charge in [0.2, 0.25) is 0 Å². The van der Waals surface area contributed by atoms with Crippen molar-refractivity contribution >= 4 is 17.1 Å². The number of rotatable bonds is 6. The molecule has 290 valence electrons. The predicted molar refractivity (Wildman–Crippen MR) is 255 cm³/mol. The molecule has 12 rings (SSSR count). The standard InChI is InChI=1S/C60H45N/c1-59(2)55-26-13-10-22-50(55)52-24-15-23-48(58(52)59)42-28-30-44(31-29-42)61(45-32-34-47(40-16-5-3-6-17-40)53(38-45)41-18-7-4-8-19-41)46-33-35-51-49-21-11-14-27-56(49)60(57(51)39-46)37-36-43-20-9-12-25-54(43)60/h3-35,38-39H,36-37H2,1-2H3. The van der Waals surface area contributed by atoms with Crippen molar-refractivity contribution in [2.24, 2.45) is 0 Å². The van der Waals surface area contributed by atoms with Gasteiger partial charge < -0.3 is 4.90 Å². The molecule has 0 N–H and O–H groups in total. The first-order chi connectivity index (χ1) is 30.0. The summed E-state index contributed by atoms with van der Waals surface area (Å²) >= 11 is 0. The van der Waals surface area contributed by atoms with Crippen molar-refractivity contribution in [3.63, 3.8) is 0 Å². The molecule has 61 heavy (non-hydrogen) atoms. The summed E-state index contributed by atoms with van der Waals surface area (Å²) in [7, 11) is 0. The van der Waals surface area contributed by atoms with Crippen LogP contribution in [0, 0.1) is 0 Å². The van der Waals surface area contributed by atoms with Gasteiger partial charge in [-0.3, -0.25) is 0 Å². The van der Waals surface area contributed by atoms with Crippen molar-refractivity contribution in [1.29, 1.82) is 0 Å². The maximum atomic E-state index is 2.52. The lowest BCUT2D eigenvalue weighted by atomic mass is 9.73. The third kappa shape index (κ3) is 5.33. The van der Waals surface area contributed by atoms with Gasteiger partial charge in [0.1, 0.15) is 0 Å². The highest BCUT2D eigenvalue weighted by Crippen LogP contribution is 2.59. The molecule has 0 bridgehead atoms. The van der Waals surface area contributed by atoms with E-state index < -0.39 is 0 Å². The molecule has 1 heteroatoms. The van der Waals surface area contributed by atoms with Crippen LogP contribution in [0.25, 0.3) is 55.6 Å². The average Bonchev–Trinajstić information content (AvgIpc) is 3.93. The number of anilines is 3. The topological polar surface area (TPSA) is 3.24 Å². The normalized spacial score (nSPS) is 16.1. The minimum Gasteiger partial charge on any atom is -0.310 e. The fourth-order valence-electron chi connectivity index (χ4n) is 11.4. The number of hydrogen-bond acceptors (Lipinski definition) is 1. The van der Waals surface area contributed by atoms with Gasteiger partial charge in [-0.25, -0.2) is 0 Å². The average molecular weight is 780 g/mol. The summed E-state index contributed by atoms with van der Waals surface area (Å²) in [4.78, 5) is 2.48. The number of fused-ring (bicyclic) bond motifs is 10.